The fourth-order valence-corrected chi connectivity index (χ4v) is 1.05. The van der Waals surface area contributed by atoms with Crippen LogP contribution in [0.5, 0.6) is 0 Å². The highest BCUT2D eigenvalue weighted by Gasteiger charge is 1.89. The summed E-state index contributed by atoms with van der Waals surface area (Å²) < 4.78 is 4.78. The number of esters is 1. The van der Waals surface area contributed by atoms with Gasteiger partial charge in [-0.15, -0.1) is 0 Å². The normalized spacial score (nSPS) is 11.3. The van der Waals surface area contributed by atoms with Gasteiger partial charge in [-0.2, -0.15) is 0 Å². The molecule has 0 N–H and O–H groups in total. The summed E-state index contributed by atoms with van der Waals surface area (Å²) in [5, 5.41) is 0. The zero-order valence-electron chi connectivity index (χ0n) is 9.16. The SMILES string of the molecule is C/C=C/C(=O)O/C=C\CCCCCC. The van der Waals surface area contributed by atoms with Gasteiger partial charge in [-0.05, 0) is 25.8 Å². The molecular weight excluding hydrogens is 176 g/mol. The van der Waals surface area contributed by atoms with Crippen molar-refractivity contribution in [3.63, 3.8) is 0 Å². The predicted octanol–water partition coefficient (Wildman–Crippen LogP) is 3.59. The summed E-state index contributed by atoms with van der Waals surface area (Å²) in [6.07, 6.45) is 12.4. The van der Waals surface area contributed by atoms with Crippen molar-refractivity contribution in [1.29, 1.82) is 0 Å². The van der Waals surface area contributed by atoms with Gasteiger partial charge in [0.05, 0.1) is 6.26 Å². The molecule has 80 valence electrons. The maximum absolute atomic E-state index is 10.8. The number of hydrogen-bond acceptors (Lipinski definition) is 2. The van der Waals surface area contributed by atoms with Crippen LogP contribution in [0.1, 0.15) is 46.0 Å². The Bertz CT molecular complexity index is 192. The lowest BCUT2D eigenvalue weighted by molar-refractivity contribution is -0.132. The molecule has 0 bridgehead atoms. The van der Waals surface area contributed by atoms with E-state index in [1.807, 2.05) is 6.08 Å². The summed E-state index contributed by atoms with van der Waals surface area (Å²) in [5.74, 6) is -0.308. The van der Waals surface area contributed by atoms with E-state index in [0.717, 1.165) is 6.42 Å². The van der Waals surface area contributed by atoms with E-state index in [1.165, 1.54) is 38.0 Å². The molecule has 2 heteroatoms. The number of allylic oxidation sites excluding steroid dienone is 2. The lowest BCUT2D eigenvalue weighted by Gasteiger charge is -1.94. The van der Waals surface area contributed by atoms with Gasteiger partial charge in [-0.1, -0.05) is 32.3 Å². The zero-order valence-corrected chi connectivity index (χ0v) is 9.16. The number of rotatable bonds is 7. The molecule has 0 radical (unpaired) electrons. The summed E-state index contributed by atoms with van der Waals surface area (Å²) in [6, 6.07) is 0. The maximum atomic E-state index is 10.8. The first-order valence-electron chi connectivity index (χ1n) is 5.29. The van der Waals surface area contributed by atoms with Gasteiger partial charge in [0.1, 0.15) is 0 Å². The Kier molecular flexibility index (Phi) is 9.28. The average Bonchev–Trinajstić information content (AvgIpc) is 2.17. The van der Waals surface area contributed by atoms with Crippen LogP contribution < -0.4 is 0 Å². The van der Waals surface area contributed by atoms with Gasteiger partial charge in [-0.3, -0.25) is 0 Å². The second-order valence-corrected chi connectivity index (χ2v) is 3.16. The van der Waals surface area contributed by atoms with Gasteiger partial charge in [0, 0.05) is 6.08 Å². The molecule has 0 saturated heterocycles. The summed E-state index contributed by atoms with van der Waals surface area (Å²) >= 11 is 0. The van der Waals surface area contributed by atoms with Gasteiger partial charge >= 0.3 is 5.97 Å². The van der Waals surface area contributed by atoms with Crippen LogP contribution in [0.15, 0.2) is 24.5 Å². The van der Waals surface area contributed by atoms with Crippen molar-refractivity contribution >= 4 is 5.97 Å². The van der Waals surface area contributed by atoms with Crippen LogP contribution in [0, 0.1) is 0 Å². The average molecular weight is 196 g/mol. The first-order valence-corrected chi connectivity index (χ1v) is 5.29. The fraction of sp³-hybridized carbons (Fsp3) is 0.583. The minimum Gasteiger partial charge on any atom is -0.432 e. The largest absolute Gasteiger partial charge is 0.432 e. The van der Waals surface area contributed by atoms with Crippen LogP contribution in [0.4, 0.5) is 0 Å². The van der Waals surface area contributed by atoms with E-state index < -0.39 is 0 Å². The summed E-state index contributed by atoms with van der Waals surface area (Å²) in [4.78, 5) is 10.8. The van der Waals surface area contributed by atoms with Crippen molar-refractivity contribution in [2.45, 2.75) is 46.0 Å². The van der Waals surface area contributed by atoms with Crippen molar-refractivity contribution in [3.8, 4) is 0 Å². The fourth-order valence-electron chi connectivity index (χ4n) is 1.05. The molecule has 0 aromatic heterocycles. The molecule has 0 fully saturated rings. The topological polar surface area (TPSA) is 26.3 Å². The van der Waals surface area contributed by atoms with E-state index in [2.05, 4.69) is 6.92 Å². The van der Waals surface area contributed by atoms with E-state index in [-0.39, 0.29) is 5.97 Å². The van der Waals surface area contributed by atoms with Crippen LogP contribution in [0.3, 0.4) is 0 Å². The van der Waals surface area contributed by atoms with Gasteiger partial charge in [0.2, 0.25) is 0 Å². The Morgan fingerprint density at radius 2 is 2.07 bits per heavy atom. The van der Waals surface area contributed by atoms with Gasteiger partial charge < -0.3 is 4.74 Å². The van der Waals surface area contributed by atoms with E-state index in [1.54, 1.807) is 13.0 Å². The second kappa shape index (κ2) is 10.0. The Morgan fingerprint density at radius 3 is 2.71 bits per heavy atom. The molecule has 0 saturated carbocycles. The molecule has 0 aliphatic carbocycles. The standard InChI is InChI=1S/C12H20O2/c1-3-5-6-7-8-9-11-14-12(13)10-4-2/h4,9-11H,3,5-8H2,1-2H3/b10-4+,11-9-. The Labute approximate surface area is 86.6 Å². The molecule has 0 rings (SSSR count). The number of carbonyl (C=O) groups excluding carboxylic acids is 1. The first kappa shape index (κ1) is 12.9. The third-order valence-corrected chi connectivity index (χ3v) is 1.81. The van der Waals surface area contributed by atoms with Crippen LogP contribution in [0.2, 0.25) is 0 Å². The first-order chi connectivity index (χ1) is 6.81. The Hall–Kier alpha value is -1.05. The molecule has 14 heavy (non-hydrogen) atoms. The predicted molar refractivity (Wildman–Crippen MR) is 58.8 cm³/mol. The zero-order chi connectivity index (χ0) is 10.6. The molecular formula is C12H20O2. The van der Waals surface area contributed by atoms with Crippen molar-refractivity contribution in [3.05, 3.63) is 24.5 Å². The number of hydrogen-bond donors (Lipinski definition) is 0. The van der Waals surface area contributed by atoms with E-state index in [0.29, 0.717) is 0 Å². The molecule has 0 aliphatic heterocycles. The second-order valence-electron chi connectivity index (χ2n) is 3.16. The van der Waals surface area contributed by atoms with E-state index in [9.17, 15) is 4.79 Å². The number of ether oxygens (including phenoxy) is 1. The molecule has 0 aromatic rings. The molecule has 0 unspecified atom stereocenters. The van der Waals surface area contributed by atoms with Crippen LogP contribution in [-0.4, -0.2) is 5.97 Å². The molecule has 2 nitrogen and oxygen atoms in total. The number of unbranched alkanes of at least 4 members (excludes halogenated alkanes) is 4. The van der Waals surface area contributed by atoms with Crippen LogP contribution >= 0.6 is 0 Å². The van der Waals surface area contributed by atoms with Crippen molar-refractivity contribution in [1.82, 2.24) is 0 Å². The smallest absolute Gasteiger partial charge is 0.335 e. The lowest BCUT2D eigenvalue weighted by Crippen LogP contribution is -1.92. The summed E-state index contributed by atoms with van der Waals surface area (Å²) in [6.45, 7) is 3.98. The highest BCUT2D eigenvalue weighted by Crippen LogP contribution is 2.02. The van der Waals surface area contributed by atoms with Crippen molar-refractivity contribution in [2.75, 3.05) is 0 Å². The molecule has 0 amide bonds. The highest BCUT2D eigenvalue weighted by atomic mass is 16.5. The maximum Gasteiger partial charge on any atom is 0.335 e. The van der Waals surface area contributed by atoms with E-state index in [4.69, 9.17) is 4.74 Å². The minimum absolute atomic E-state index is 0.308. The minimum atomic E-state index is -0.308. The quantitative estimate of drug-likeness (QED) is 0.269. The molecule has 0 aromatic carbocycles. The third-order valence-electron chi connectivity index (χ3n) is 1.81. The van der Waals surface area contributed by atoms with Gasteiger partial charge in [0.15, 0.2) is 0 Å². The Morgan fingerprint density at radius 1 is 1.29 bits per heavy atom. The number of carbonyl (C=O) groups is 1. The monoisotopic (exact) mass is 196 g/mol. The molecule has 0 atom stereocenters. The van der Waals surface area contributed by atoms with Gasteiger partial charge in [-0.25, -0.2) is 4.79 Å². The van der Waals surface area contributed by atoms with Gasteiger partial charge in [0.25, 0.3) is 0 Å². The highest BCUT2D eigenvalue weighted by molar-refractivity contribution is 5.82. The van der Waals surface area contributed by atoms with Crippen LogP contribution in [0.25, 0.3) is 0 Å². The summed E-state index contributed by atoms with van der Waals surface area (Å²) in [7, 11) is 0. The lowest BCUT2D eigenvalue weighted by atomic mass is 10.1. The van der Waals surface area contributed by atoms with E-state index >= 15 is 0 Å². The van der Waals surface area contributed by atoms with Crippen LogP contribution in [-0.2, 0) is 9.53 Å². The molecule has 0 heterocycles. The Balaban J connectivity index is 3.31. The molecule has 0 spiro atoms. The molecule has 0 aliphatic rings. The summed E-state index contributed by atoms with van der Waals surface area (Å²) in [5.41, 5.74) is 0. The van der Waals surface area contributed by atoms with Crippen molar-refractivity contribution < 1.29 is 9.53 Å². The third kappa shape index (κ3) is 9.04. The van der Waals surface area contributed by atoms with Crippen molar-refractivity contribution in [2.24, 2.45) is 0 Å².